The Kier molecular flexibility index (Phi) is 10.5. The largest absolute Gasteiger partial charge is 0.426 e. The topological polar surface area (TPSA) is 76.1 Å². The molecule has 0 unspecified atom stereocenters. The van der Waals surface area contributed by atoms with E-state index in [0.29, 0.717) is 11.1 Å². The Balaban J connectivity index is 1.70. The maximum Gasteiger partial charge on any atom is 0.417 e. The van der Waals surface area contributed by atoms with Gasteiger partial charge in [0.15, 0.2) is 0 Å². The van der Waals surface area contributed by atoms with E-state index < -0.39 is 8.25 Å². The Bertz CT molecular complexity index is 670. The molecule has 166 valence electrons. The lowest BCUT2D eigenvalue weighted by Gasteiger charge is -2.26. The molecule has 30 heavy (non-hydrogen) atoms. The van der Waals surface area contributed by atoms with Gasteiger partial charge in [-0.1, -0.05) is 12.2 Å². The molecule has 2 heterocycles. The van der Waals surface area contributed by atoms with Crippen LogP contribution >= 0.6 is 8.25 Å². The first-order valence-electron chi connectivity index (χ1n) is 10.6. The summed E-state index contributed by atoms with van der Waals surface area (Å²) in [6, 6.07) is 0. The third-order valence-corrected chi connectivity index (χ3v) is 5.80. The highest BCUT2D eigenvalue weighted by atomic mass is 31.1. The van der Waals surface area contributed by atoms with Gasteiger partial charge in [-0.15, -0.1) is 0 Å². The average molecular weight is 436 g/mol. The lowest BCUT2D eigenvalue weighted by Crippen LogP contribution is -2.36. The molecule has 2 rings (SSSR count). The molecule has 7 nitrogen and oxygen atoms in total. The molecule has 0 aliphatic carbocycles. The monoisotopic (exact) mass is 436 g/mol. The number of hydrogen-bond acceptors (Lipinski definition) is 5. The summed E-state index contributed by atoms with van der Waals surface area (Å²) in [4.78, 5) is 28.2. The van der Waals surface area contributed by atoms with Gasteiger partial charge in [0.2, 0.25) is 11.8 Å². The summed E-state index contributed by atoms with van der Waals surface area (Å²) in [5.41, 5.74) is 1.22. The van der Waals surface area contributed by atoms with Crippen molar-refractivity contribution in [2.75, 3.05) is 26.2 Å². The van der Waals surface area contributed by atoms with Crippen molar-refractivity contribution in [3.05, 3.63) is 48.0 Å². The van der Waals surface area contributed by atoms with Crippen molar-refractivity contribution in [2.45, 2.75) is 52.4 Å². The Morgan fingerprint density at radius 2 is 1.07 bits per heavy atom. The molecule has 2 saturated heterocycles. The highest BCUT2D eigenvalue weighted by Gasteiger charge is 2.17. The molecule has 2 aliphatic heterocycles. The van der Waals surface area contributed by atoms with Gasteiger partial charge in [-0.2, -0.15) is 0 Å². The van der Waals surface area contributed by atoms with Crippen LogP contribution in [0.1, 0.15) is 52.4 Å². The van der Waals surface area contributed by atoms with Gasteiger partial charge in [0.05, 0.1) is 12.5 Å². The van der Waals surface area contributed by atoms with Crippen LogP contribution in [-0.4, -0.2) is 47.8 Å². The van der Waals surface area contributed by atoms with Crippen molar-refractivity contribution in [1.29, 1.82) is 0 Å². The average Bonchev–Trinajstić information content (AvgIpc) is 2.79. The molecule has 0 aromatic heterocycles. The third-order valence-electron chi connectivity index (χ3n) is 5.14. The molecular weight excluding hydrogens is 403 g/mol. The van der Waals surface area contributed by atoms with Crippen LogP contribution in [0.2, 0.25) is 0 Å². The molecule has 0 aromatic carbocycles. The molecule has 0 saturated carbocycles. The zero-order chi connectivity index (χ0) is 21.8. The van der Waals surface area contributed by atoms with Crippen LogP contribution in [0.15, 0.2) is 48.0 Å². The molecule has 2 amide bonds. The van der Waals surface area contributed by atoms with Gasteiger partial charge < -0.3 is 18.8 Å². The van der Waals surface area contributed by atoms with Crippen molar-refractivity contribution < 1.29 is 23.2 Å². The zero-order valence-electron chi connectivity index (χ0n) is 18.0. The van der Waals surface area contributed by atoms with E-state index >= 15 is 0 Å². The van der Waals surface area contributed by atoms with Crippen molar-refractivity contribution in [3.63, 3.8) is 0 Å². The summed E-state index contributed by atoms with van der Waals surface area (Å²) in [6.07, 6.45) is 15.4. The minimum absolute atomic E-state index is 0.0208. The lowest BCUT2D eigenvalue weighted by molar-refractivity contribution is -0.128. The summed E-state index contributed by atoms with van der Waals surface area (Å²) >= 11 is 0. The van der Waals surface area contributed by atoms with E-state index in [-0.39, 0.29) is 11.8 Å². The number of piperidine rings is 2. The second-order valence-electron chi connectivity index (χ2n) is 7.55. The molecule has 2 aliphatic rings. The smallest absolute Gasteiger partial charge is 0.417 e. The number of carbonyl (C=O) groups is 2. The van der Waals surface area contributed by atoms with Gasteiger partial charge >= 0.3 is 8.25 Å². The van der Waals surface area contributed by atoms with E-state index in [1.165, 1.54) is 37.5 Å². The molecule has 2 fully saturated rings. The normalized spacial score (nSPS) is 19.0. The molecule has 0 bridgehead atoms. The summed E-state index contributed by atoms with van der Waals surface area (Å²) in [6.45, 7) is 6.71. The van der Waals surface area contributed by atoms with Gasteiger partial charge in [0, 0.05) is 37.3 Å². The number of nitrogens with zero attached hydrogens (tertiary/aromatic N) is 2. The van der Waals surface area contributed by atoms with Crippen LogP contribution in [0.4, 0.5) is 0 Å². The standard InChI is InChI=1S/C22H33N2O5P/c1-19(21(25)23-13-5-3-6-14-23)11-9-17-28-30(27)29-18-10-12-20(2)22(26)24-15-7-4-8-16-24/h9-12,17-18,30H,3-8,13-16H2,1-2H3/b17-9+,18-10+,19-11-,20-12-. The van der Waals surface area contributed by atoms with Crippen LogP contribution in [-0.2, 0) is 23.2 Å². The molecule has 8 heteroatoms. The second-order valence-corrected chi connectivity index (χ2v) is 8.52. The summed E-state index contributed by atoms with van der Waals surface area (Å²) in [5, 5.41) is 0. The Morgan fingerprint density at radius 1 is 0.700 bits per heavy atom. The minimum atomic E-state index is -2.74. The van der Waals surface area contributed by atoms with Crippen molar-refractivity contribution in [3.8, 4) is 0 Å². The van der Waals surface area contributed by atoms with E-state index in [2.05, 4.69) is 0 Å². The molecule has 0 N–H and O–H groups in total. The maximum absolute atomic E-state index is 12.3. The fourth-order valence-electron chi connectivity index (χ4n) is 3.42. The Morgan fingerprint density at radius 3 is 1.43 bits per heavy atom. The van der Waals surface area contributed by atoms with Crippen LogP contribution in [0.3, 0.4) is 0 Å². The van der Waals surface area contributed by atoms with Crippen LogP contribution in [0, 0.1) is 0 Å². The van der Waals surface area contributed by atoms with E-state index in [1.807, 2.05) is 9.80 Å². The maximum atomic E-state index is 12.3. The van der Waals surface area contributed by atoms with Crippen LogP contribution in [0.5, 0.6) is 0 Å². The fourth-order valence-corrected chi connectivity index (χ4v) is 3.85. The van der Waals surface area contributed by atoms with Crippen molar-refractivity contribution in [2.24, 2.45) is 0 Å². The van der Waals surface area contributed by atoms with E-state index in [1.54, 1.807) is 26.0 Å². The van der Waals surface area contributed by atoms with Gasteiger partial charge in [-0.25, -0.2) is 4.57 Å². The second kappa shape index (κ2) is 13.1. The van der Waals surface area contributed by atoms with Crippen LogP contribution in [0.25, 0.3) is 0 Å². The lowest BCUT2D eigenvalue weighted by atomic mass is 10.1. The van der Waals surface area contributed by atoms with Crippen molar-refractivity contribution in [1.82, 2.24) is 9.80 Å². The number of amides is 2. The highest BCUT2D eigenvalue weighted by molar-refractivity contribution is 7.33. The van der Waals surface area contributed by atoms with Gasteiger partial charge in [-0.3, -0.25) is 9.59 Å². The predicted octanol–water partition coefficient (Wildman–Crippen LogP) is 4.35. The Hall–Kier alpha value is -2.27. The predicted molar refractivity (Wildman–Crippen MR) is 118 cm³/mol. The summed E-state index contributed by atoms with van der Waals surface area (Å²) < 4.78 is 21.7. The van der Waals surface area contributed by atoms with Gasteiger partial charge in [0.1, 0.15) is 0 Å². The summed E-state index contributed by atoms with van der Waals surface area (Å²) in [7, 11) is -2.74. The van der Waals surface area contributed by atoms with Crippen LogP contribution < -0.4 is 0 Å². The Labute approximate surface area is 180 Å². The molecule has 0 spiro atoms. The van der Waals surface area contributed by atoms with E-state index in [9.17, 15) is 14.2 Å². The van der Waals surface area contributed by atoms with Gasteiger partial charge in [-0.05, 0) is 64.5 Å². The molecule has 0 aromatic rings. The van der Waals surface area contributed by atoms with E-state index in [0.717, 1.165) is 51.9 Å². The number of carbonyl (C=O) groups excluding carboxylic acids is 2. The van der Waals surface area contributed by atoms with Gasteiger partial charge in [0.25, 0.3) is 0 Å². The highest BCUT2D eigenvalue weighted by Crippen LogP contribution is 2.24. The SMILES string of the molecule is C/C(=C/C=C/O[PH](=O)O/C=C/C=C(/C)C(=O)N1CCCCC1)C(=O)N1CCCCC1. The van der Waals surface area contributed by atoms with E-state index in [4.69, 9.17) is 9.05 Å². The quantitative estimate of drug-likeness (QED) is 0.245. The first kappa shape index (κ1) is 24.0. The molecular formula is C22H33N2O5P. The minimum Gasteiger partial charge on any atom is -0.426 e. The van der Waals surface area contributed by atoms with Crippen molar-refractivity contribution >= 4 is 20.1 Å². The fraction of sp³-hybridized carbons (Fsp3) is 0.545. The summed E-state index contributed by atoms with van der Waals surface area (Å²) in [5.74, 6) is 0.0416. The molecule has 0 atom stereocenters. The number of allylic oxidation sites excluding steroid dienone is 4. The number of hydrogen-bond donors (Lipinski definition) is 0. The number of rotatable bonds is 8. The zero-order valence-corrected chi connectivity index (χ0v) is 19.0. The molecule has 0 radical (unpaired) electrons. The number of likely N-dealkylation sites (tertiary alicyclic amines) is 2. The first-order valence-corrected chi connectivity index (χ1v) is 11.8. The third kappa shape index (κ3) is 8.23. The first-order chi connectivity index (χ1) is 14.5.